The molecule has 1 aliphatic carbocycles. The average Bonchev–Trinajstić information content (AvgIpc) is 3.31. The molecule has 2 N–H and O–H groups in total. The zero-order valence-electron chi connectivity index (χ0n) is 26.1. The number of alkyl halides is 1. The normalized spacial score (nSPS) is 25.3. The van der Waals surface area contributed by atoms with Gasteiger partial charge in [0.25, 0.3) is 0 Å². The second-order valence-electron chi connectivity index (χ2n) is 13.1. The van der Waals surface area contributed by atoms with Gasteiger partial charge in [-0.25, -0.2) is 13.2 Å². The summed E-state index contributed by atoms with van der Waals surface area (Å²) in [4.78, 5) is 11.5. The van der Waals surface area contributed by atoms with Crippen molar-refractivity contribution in [3.63, 3.8) is 0 Å². The van der Waals surface area contributed by atoms with E-state index in [1.165, 1.54) is 24.3 Å². The van der Waals surface area contributed by atoms with Crippen LogP contribution in [-0.4, -0.2) is 69.7 Å². The average molecular weight is 663 g/mol. The van der Waals surface area contributed by atoms with E-state index < -0.39 is 28.6 Å². The first kappa shape index (κ1) is 31.7. The second-order valence-corrected chi connectivity index (χ2v) is 14.7. The SMILES string of the molecule is C#Cc1c(F)ccc2cc(O)cc(-c3ccc4c(N5CC6CCC(C5)C6S(C)=O)nc(OC[C@@H]5CCCNC[C@H](F)C5)nc4c3F)c12. The first-order valence-electron chi connectivity index (χ1n) is 16.2. The highest BCUT2D eigenvalue weighted by atomic mass is 32.2. The molecule has 3 heterocycles. The Hall–Kier alpha value is -3.88. The van der Waals surface area contributed by atoms with Crippen LogP contribution in [-0.2, 0) is 10.8 Å². The maximum Gasteiger partial charge on any atom is 0.319 e. The van der Waals surface area contributed by atoms with Crippen molar-refractivity contribution in [2.75, 3.05) is 43.9 Å². The van der Waals surface area contributed by atoms with E-state index in [1.54, 1.807) is 18.4 Å². The Kier molecular flexibility index (Phi) is 8.75. The van der Waals surface area contributed by atoms with Crippen molar-refractivity contribution in [3.05, 3.63) is 53.6 Å². The van der Waals surface area contributed by atoms with Gasteiger partial charge in [0, 0.05) is 58.3 Å². The molecule has 1 aromatic heterocycles. The second kappa shape index (κ2) is 13.0. The van der Waals surface area contributed by atoms with Crippen LogP contribution in [0.1, 0.15) is 37.7 Å². The van der Waals surface area contributed by atoms with Crippen molar-refractivity contribution in [3.8, 4) is 35.2 Å². The molecular formula is C36H37F3N4O3S. The predicted octanol–water partition coefficient (Wildman–Crippen LogP) is 6.12. The topological polar surface area (TPSA) is 87.6 Å². The number of ether oxygens (including phenoxy) is 1. The summed E-state index contributed by atoms with van der Waals surface area (Å²) in [5, 5.41) is 15.0. The van der Waals surface area contributed by atoms with E-state index in [2.05, 4.69) is 21.1 Å². The van der Waals surface area contributed by atoms with Crippen molar-refractivity contribution < 1.29 is 27.2 Å². The fraction of sp³-hybridized carbons (Fsp3) is 0.444. The first-order valence-corrected chi connectivity index (χ1v) is 17.8. The maximum absolute atomic E-state index is 16.9. The third-order valence-electron chi connectivity index (χ3n) is 10.1. The van der Waals surface area contributed by atoms with Crippen LogP contribution in [0, 0.1) is 41.7 Å². The number of nitrogens with one attached hydrogen (secondary N) is 1. The minimum atomic E-state index is -0.993. The smallest absolute Gasteiger partial charge is 0.319 e. The number of hydrogen-bond acceptors (Lipinski definition) is 7. The highest BCUT2D eigenvalue weighted by Gasteiger charge is 2.44. The number of halogens is 3. The third-order valence-corrected chi connectivity index (χ3v) is 11.6. The Balaban J connectivity index is 1.34. The van der Waals surface area contributed by atoms with Gasteiger partial charge in [0.2, 0.25) is 0 Å². The molecule has 0 radical (unpaired) electrons. The van der Waals surface area contributed by atoms with Gasteiger partial charge in [0.15, 0.2) is 5.82 Å². The van der Waals surface area contributed by atoms with Gasteiger partial charge < -0.3 is 20.1 Å². The maximum atomic E-state index is 16.9. The molecule has 11 heteroatoms. The van der Waals surface area contributed by atoms with Gasteiger partial charge in [0.1, 0.15) is 29.1 Å². The summed E-state index contributed by atoms with van der Waals surface area (Å²) < 4.78 is 64.9. The predicted molar refractivity (Wildman–Crippen MR) is 179 cm³/mol. The molecule has 0 amide bonds. The van der Waals surface area contributed by atoms with E-state index >= 15 is 4.39 Å². The Labute approximate surface area is 274 Å². The van der Waals surface area contributed by atoms with Crippen LogP contribution in [0.25, 0.3) is 32.8 Å². The molecule has 246 valence electrons. The number of terminal acetylenes is 1. The van der Waals surface area contributed by atoms with Crippen molar-refractivity contribution in [2.45, 2.75) is 43.5 Å². The number of aromatic nitrogens is 2. The van der Waals surface area contributed by atoms with Crippen molar-refractivity contribution in [1.29, 1.82) is 0 Å². The lowest BCUT2D eigenvalue weighted by molar-refractivity contribution is 0.166. The van der Waals surface area contributed by atoms with E-state index in [4.69, 9.17) is 16.1 Å². The van der Waals surface area contributed by atoms with Gasteiger partial charge in [-0.1, -0.05) is 18.1 Å². The van der Waals surface area contributed by atoms with Crippen LogP contribution in [0.15, 0.2) is 36.4 Å². The highest BCUT2D eigenvalue weighted by Crippen LogP contribution is 2.44. The van der Waals surface area contributed by atoms with Crippen molar-refractivity contribution in [2.24, 2.45) is 17.8 Å². The van der Waals surface area contributed by atoms with Crippen LogP contribution in [0.4, 0.5) is 19.0 Å². The summed E-state index contributed by atoms with van der Waals surface area (Å²) in [5.74, 6) is 1.86. The molecule has 2 aliphatic heterocycles. The minimum Gasteiger partial charge on any atom is -0.508 e. The van der Waals surface area contributed by atoms with Crippen LogP contribution in [0.2, 0.25) is 0 Å². The third kappa shape index (κ3) is 6.02. The number of phenols is 1. The van der Waals surface area contributed by atoms with E-state index in [0.717, 1.165) is 32.2 Å². The zero-order valence-corrected chi connectivity index (χ0v) is 27.0. The number of phenolic OH excluding ortho intramolecular Hbond substituents is 1. The van der Waals surface area contributed by atoms with Crippen LogP contribution in [0.3, 0.4) is 0 Å². The lowest BCUT2D eigenvalue weighted by Crippen LogP contribution is -2.46. The summed E-state index contributed by atoms with van der Waals surface area (Å²) in [6.07, 6.45) is 10.4. The first-order chi connectivity index (χ1) is 22.7. The number of rotatable bonds is 6. The Morgan fingerprint density at radius 2 is 1.89 bits per heavy atom. The zero-order chi connectivity index (χ0) is 32.8. The standard InChI is InChI=1S/C36H37F3N4O3S/c1-3-26-30(38)11-8-21-14-25(44)15-29(31(21)26)27-9-10-28-33(32(27)39)41-36(46-19-20-5-4-12-40-16-24(37)13-20)42-35(28)43-17-22-6-7-23(18-43)34(22)47(2)45/h1,8-11,14-15,20,22-24,34,40,44H,4-7,12-13,16-19H2,2H3/t20-,22?,23?,24-,34?,47?/m1/s1. The van der Waals surface area contributed by atoms with Gasteiger partial charge in [-0.3, -0.25) is 4.21 Å². The van der Waals surface area contributed by atoms with Gasteiger partial charge in [-0.2, -0.15) is 9.97 Å². The van der Waals surface area contributed by atoms with Gasteiger partial charge in [-0.15, -0.1) is 6.42 Å². The molecule has 0 spiro atoms. The number of hydrogen-bond donors (Lipinski definition) is 2. The summed E-state index contributed by atoms with van der Waals surface area (Å²) in [7, 11) is -0.951. The minimum absolute atomic E-state index is 0.0104. The number of anilines is 1. The van der Waals surface area contributed by atoms with E-state index in [1.807, 2.05) is 0 Å². The molecule has 4 aromatic rings. The quantitative estimate of drug-likeness (QED) is 0.241. The molecule has 47 heavy (non-hydrogen) atoms. The Bertz CT molecular complexity index is 1900. The number of fused-ring (bicyclic) bond motifs is 4. The molecule has 3 aromatic carbocycles. The Morgan fingerprint density at radius 3 is 2.64 bits per heavy atom. The molecule has 5 atom stereocenters. The molecule has 7 rings (SSSR count). The lowest BCUT2D eigenvalue weighted by atomic mass is 9.93. The van der Waals surface area contributed by atoms with Crippen molar-refractivity contribution in [1.82, 2.24) is 15.3 Å². The van der Waals surface area contributed by atoms with Gasteiger partial charge in [-0.05, 0) is 91.6 Å². The molecule has 3 aliphatic rings. The van der Waals surface area contributed by atoms with Gasteiger partial charge in [0.05, 0.1) is 12.2 Å². The van der Waals surface area contributed by atoms with Gasteiger partial charge >= 0.3 is 6.01 Å². The van der Waals surface area contributed by atoms with Crippen LogP contribution < -0.4 is 15.0 Å². The number of piperidine rings is 1. The molecule has 2 bridgehead atoms. The van der Waals surface area contributed by atoms with Crippen LogP contribution >= 0.6 is 0 Å². The number of aromatic hydroxyl groups is 1. The van der Waals surface area contributed by atoms with E-state index in [9.17, 15) is 18.1 Å². The molecule has 2 saturated heterocycles. The van der Waals surface area contributed by atoms with E-state index in [-0.39, 0.29) is 63.6 Å². The summed E-state index contributed by atoms with van der Waals surface area (Å²) in [6.45, 7) is 2.47. The Morgan fingerprint density at radius 1 is 1.11 bits per heavy atom. The molecule has 3 fully saturated rings. The lowest BCUT2D eigenvalue weighted by Gasteiger charge is -2.38. The number of nitrogens with zero attached hydrogens (tertiary/aromatic N) is 3. The monoisotopic (exact) mass is 662 g/mol. The molecule has 3 unspecified atom stereocenters. The summed E-state index contributed by atoms with van der Waals surface area (Å²) in [5.41, 5.74) is 0.299. The number of benzene rings is 3. The molecule has 1 saturated carbocycles. The molecule has 7 nitrogen and oxygen atoms in total. The largest absolute Gasteiger partial charge is 0.508 e. The fourth-order valence-electron chi connectivity index (χ4n) is 7.99. The fourth-order valence-corrected chi connectivity index (χ4v) is 9.51. The summed E-state index contributed by atoms with van der Waals surface area (Å²) >= 11 is 0. The highest BCUT2D eigenvalue weighted by molar-refractivity contribution is 7.84. The molecular weight excluding hydrogens is 625 g/mol. The summed E-state index contributed by atoms with van der Waals surface area (Å²) in [6, 6.07) is 8.85. The van der Waals surface area contributed by atoms with Crippen molar-refractivity contribution >= 4 is 38.3 Å². The van der Waals surface area contributed by atoms with E-state index in [0.29, 0.717) is 48.0 Å². The van der Waals surface area contributed by atoms with Crippen LogP contribution in [0.5, 0.6) is 11.8 Å².